The molecule has 6 heteroatoms. The highest BCUT2D eigenvalue weighted by molar-refractivity contribution is 6.62. The van der Waals surface area contributed by atoms with Gasteiger partial charge in [0.1, 0.15) is 5.82 Å². The third-order valence-corrected chi connectivity index (χ3v) is 4.51. The lowest BCUT2D eigenvalue weighted by Gasteiger charge is -2.32. The first kappa shape index (κ1) is 17.0. The zero-order chi connectivity index (χ0) is 16.7. The lowest BCUT2D eigenvalue weighted by atomic mass is 9.78. The SMILES string of the molecule is CCN(C)C(=O)c1cc(F)cc(B2OC(C)(C)C(C)(C)O2)c1. The van der Waals surface area contributed by atoms with Crippen molar-refractivity contribution in [2.24, 2.45) is 0 Å². The normalized spacial score (nSPS) is 19.3. The first-order valence-corrected chi connectivity index (χ1v) is 7.49. The van der Waals surface area contributed by atoms with Gasteiger partial charge in [0.05, 0.1) is 11.2 Å². The Kier molecular flexibility index (Phi) is 4.37. The number of rotatable bonds is 3. The molecule has 0 N–H and O–H groups in total. The van der Waals surface area contributed by atoms with Crippen molar-refractivity contribution in [2.45, 2.75) is 45.8 Å². The predicted molar refractivity (Wildman–Crippen MR) is 84.8 cm³/mol. The number of nitrogens with zero attached hydrogens (tertiary/aromatic N) is 1. The average Bonchev–Trinajstić information content (AvgIpc) is 2.65. The molecule has 0 radical (unpaired) electrons. The molecule has 0 spiro atoms. The maximum Gasteiger partial charge on any atom is 0.494 e. The first-order valence-electron chi connectivity index (χ1n) is 7.49. The van der Waals surface area contributed by atoms with E-state index in [-0.39, 0.29) is 5.91 Å². The third kappa shape index (κ3) is 3.03. The lowest BCUT2D eigenvalue weighted by molar-refractivity contribution is 0.00578. The van der Waals surface area contributed by atoms with E-state index in [0.29, 0.717) is 17.6 Å². The van der Waals surface area contributed by atoms with Crippen LogP contribution in [0.1, 0.15) is 45.0 Å². The fourth-order valence-corrected chi connectivity index (χ4v) is 2.22. The van der Waals surface area contributed by atoms with Gasteiger partial charge < -0.3 is 14.2 Å². The highest BCUT2D eigenvalue weighted by Gasteiger charge is 2.51. The topological polar surface area (TPSA) is 38.8 Å². The molecular weight excluding hydrogens is 284 g/mol. The van der Waals surface area contributed by atoms with Crippen LogP contribution in [-0.2, 0) is 9.31 Å². The van der Waals surface area contributed by atoms with Gasteiger partial charge in [-0.15, -0.1) is 0 Å². The Morgan fingerprint density at radius 1 is 1.18 bits per heavy atom. The van der Waals surface area contributed by atoms with Gasteiger partial charge in [-0.2, -0.15) is 0 Å². The fraction of sp³-hybridized carbons (Fsp3) is 0.562. The van der Waals surface area contributed by atoms with Gasteiger partial charge in [-0.05, 0) is 58.3 Å². The number of benzene rings is 1. The predicted octanol–water partition coefficient (Wildman–Crippen LogP) is 2.22. The number of halogens is 1. The van der Waals surface area contributed by atoms with Gasteiger partial charge in [-0.25, -0.2) is 4.39 Å². The molecule has 120 valence electrons. The van der Waals surface area contributed by atoms with Crippen LogP contribution in [0.15, 0.2) is 18.2 Å². The van der Waals surface area contributed by atoms with Crippen molar-refractivity contribution in [3.8, 4) is 0 Å². The van der Waals surface area contributed by atoms with E-state index in [1.807, 2.05) is 34.6 Å². The summed E-state index contributed by atoms with van der Waals surface area (Å²) in [7, 11) is 1.00. The van der Waals surface area contributed by atoms with E-state index < -0.39 is 24.1 Å². The van der Waals surface area contributed by atoms with Crippen LogP contribution < -0.4 is 5.46 Å². The minimum Gasteiger partial charge on any atom is -0.399 e. The Bertz CT molecular complexity index is 573. The zero-order valence-corrected chi connectivity index (χ0v) is 14.1. The molecular formula is C16H23BFNO3. The van der Waals surface area contributed by atoms with E-state index >= 15 is 0 Å². The van der Waals surface area contributed by atoms with E-state index in [1.165, 1.54) is 17.0 Å². The van der Waals surface area contributed by atoms with Crippen molar-refractivity contribution in [1.82, 2.24) is 4.90 Å². The van der Waals surface area contributed by atoms with Crippen molar-refractivity contribution in [3.63, 3.8) is 0 Å². The number of hydrogen-bond donors (Lipinski definition) is 0. The Hall–Kier alpha value is -1.40. The van der Waals surface area contributed by atoms with Gasteiger partial charge in [-0.1, -0.05) is 0 Å². The van der Waals surface area contributed by atoms with Crippen LogP contribution in [-0.4, -0.2) is 42.7 Å². The van der Waals surface area contributed by atoms with Crippen molar-refractivity contribution in [1.29, 1.82) is 0 Å². The maximum absolute atomic E-state index is 13.9. The molecule has 0 aromatic heterocycles. The van der Waals surface area contributed by atoms with Gasteiger partial charge >= 0.3 is 7.12 Å². The number of carbonyl (C=O) groups is 1. The maximum atomic E-state index is 13.9. The summed E-state index contributed by atoms with van der Waals surface area (Å²) in [5.74, 6) is -0.695. The Morgan fingerprint density at radius 3 is 2.23 bits per heavy atom. The summed E-state index contributed by atoms with van der Waals surface area (Å²) >= 11 is 0. The van der Waals surface area contributed by atoms with E-state index in [0.717, 1.165) is 0 Å². The zero-order valence-electron chi connectivity index (χ0n) is 14.1. The molecule has 1 amide bonds. The van der Waals surface area contributed by atoms with Crippen LogP contribution in [0.5, 0.6) is 0 Å². The third-order valence-electron chi connectivity index (χ3n) is 4.51. The largest absolute Gasteiger partial charge is 0.494 e. The van der Waals surface area contributed by atoms with E-state index in [9.17, 15) is 9.18 Å². The number of carbonyl (C=O) groups excluding carboxylic acids is 1. The van der Waals surface area contributed by atoms with Crippen molar-refractivity contribution in [3.05, 3.63) is 29.6 Å². The second-order valence-corrected chi connectivity index (χ2v) is 6.68. The molecule has 0 saturated carbocycles. The van der Waals surface area contributed by atoms with Crippen LogP contribution in [0.2, 0.25) is 0 Å². The second kappa shape index (κ2) is 5.67. The van der Waals surface area contributed by atoms with Gasteiger partial charge in [0.25, 0.3) is 5.91 Å². The summed E-state index contributed by atoms with van der Waals surface area (Å²) in [5.41, 5.74) is -0.191. The molecule has 1 fully saturated rings. The molecule has 0 bridgehead atoms. The molecule has 4 nitrogen and oxygen atoms in total. The molecule has 0 aliphatic carbocycles. The Balaban J connectivity index is 2.34. The minimum atomic E-state index is -0.681. The van der Waals surface area contributed by atoms with E-state index in [4.69, 9.17) is 9.31 Å². The van der Waals surface area contributed by atoms with Gasteiger partial charge in [0.15, 0.2) is 0 Å². The molecule has 1 saturated heterocycles. The highest BCUT2D eigenvalue weighted by Crippen LogP contribution is 2.36. The molecule has 22 heavy (non-hydrogen) atoms. The van der Waals surface area contributed by atoms with Gasteiger partial charge in [0.2, 0.25) is 0 Å². The molecule has 2 rings (SSSR count). The smallest absolute Gasteiger partial charge is 0.399 e. The monoisotopic (exact) mass is 307 g/mol. The number of amides is 1. The summed E-state index contributed by atoms with van der Waals surface area (Å²) in [6.07, 6.45) is 0. The standard InChI is InChI=1S/C16H23BFNO3/c1-7-19(6)14(20)11-8-12(10-13(18)9-11)17-21-15(2,3)16(4,5)22-17/h8-10H,7H2,1-6H3. The molecule has 0 atom stereocenters. The summed E-state index contributed by atoms with van der Waals surface area (Å²) in [5, 5.41) is 0. The van der Waals surface area contributed by atoms with Crippen LogP contribution in [0.4, 0.5) is 4.39 Å². The van der Waals surface area contributed by atoms with Gasteiger partial charge in [0, 0.05) is 19.2 Å². The van der Waals surface area contributed by atoms with E-state index in [2.05, 4.69) is 0 Å². The number of hydrogen-bond acceptors (Lipinski definition) is 3. The Morgan fingerprint density at radius 2 is 1.73 bits per heavy atom. The summed E-state index contributed by atoms with van der Waals surface area (Å²) in [4.78, 5) is 13.8. The summed E-state index contributed by atoms with van der Waals surface area (Å²) < 4.78 is 25.7. The van der Waals surface area contributed by atoms with Crippen LogP contribution in [0, 0.1) is 5.82 Å². The summed E-state index contributed by atoms with van der Waals surface area (Å²) in [6.45, 7) is 10.2. The Labute approximate surface area is 131 Å². The second-order valence-electron chi connectivity index (χ2n) is 6.68. The van der Waals surface area contributed by atoms with Crippen molar-refractivity contribution >= 4 is 18.5 Å². The average molecular weight is 307 g/mol. The first-order chi connectivity index (χ1) is 10.1. The van der Waals surface area contributed by atoms with Gasteiger partial charge in [-0.3, -0.25) is 4.79 Å². The molecule has 1 aromatic rings. The molecule has 1 aliphatic rings. The molecule has 1 heterocycles. The quantitative estimate of drug-likeness (QED) is 0.804. The van der Waals surface area contributed by atoms with Crippen LogP contribution >= 0.6 is 0 Å². The highest BCUT2D eigenvalue weighted by atomic mass is 19.1. The van der Waals surface area contributed by atoms with Crippen molar-refractivity contribution < 1.29 is 18.5 Å². The fourth-order valence-electron chi connectivity index (χ4n) is 2.22. The van der Waals surface area contributed by atoms with Crippen LogP contribution in [0.3, 0.4) is 0 Å². The summed E-state index contributed by atoms with van der Waals surface area (Å²) in [6, 6.07) is 4.23. The lowest BCUT2D eigenvalue weighted by Crippen LogP contribution is -2.41. The van der Waals surface area contributed by atoms with Crippen LogP contribution in [0.25, 0.3) is 0 Å². The molecule has 0 unspecified atom stereocenters. The molecule has 1 aliphatic heterocycles. The van der Waals surface area contributed by atoms with Crippen molar-refractivity contribution in [2.75, 3.05) is 13.6 Å². The minimum absolute atomic E-state index is 0.222. The molecule has 1 aromatic carbocycles. The van der Waals surface area contributed by atoms with E-state index in [1.54, 1.807) is 13.1 Å².